The van der Waals surface area contributed by atoms with E-state index >= 15 is 0 Å². The number of hydrogen-bond acceptors (Lipinski definition) is 4. The number of benzene rings is 2. The molecule has 0 fully saturated rings. The maximum Gasteiger partial charge on any atom is 0.219 e. The zero-order valence-electron chi connectivity index (χ0n) is 15.7. The van der Waals surface area contributed by atoms with E-state index < -0.39 is 10.0 Å². The molecule has 27 heavy (non-hydrogen) atoms. The Bertz CT molecular complexity index is 838. The van der Waals surface area contributed by atoms with Crippen LogP contribution in [-0.4, -0.2) is 45.2 Å². The fourth-order valence-electron chi connectivity index (χ4n) is 2.69. The molecule has 0 spiro atoms. The Kier molecular flexibility index (Phi) is 7.82. The van der Waals surface area contributed by atoms with Gasteiger partial charge >= 0.3 is 0 Å². The number of carbonyl (C=O) groups is 1. The lowest BCUT2D eigenvalue weighted by molar-refractivity contribution is -0.129. The maximum absolute atomic E-state index is 12.2. The first-order chi connectivity index (χ1) is 12.9. The Balaban J connectivity index is 1.87. The van der Waals surface area contributed by atoms with Crippen LogP contribution in [0.5, 0.6) is 5.75 Å². The number of nitrogens with one attached hydrogen (secondary N) is 1. The summed E-state index contributed by atoms with van der Waals surface area (Å²) >= 11 is 0. The summed E-state index contributed by atoms with van der Waals surface area (Å²) in [7, 11) is -1.82. The fraction of sp³-hybridized carbons (Fsp3) is 0.350. The molecule has 2 aromatic carbocycles. The van der Waals surface area contributed by atoms with Crippen LogP contribution >= 0.6 is 0 Å². The monoisotopic (exact) mass is 390 g/mol. The Hall–Kier alpha value is -2.38. The first-order valence-corrected chi connectivity index (χ1v) is 10.4. The average molecular weight is 391 g/mol. The van der Waals surface area contributed by atoms with Gasteiger partial charge in [-0.25, -0.2) is 13.1 Å². The van der Waals surface area contributed by atoms with E-state index in [0.29, 0.717) is 18.7 Å². The lowest BCUT2D eigenvalue weighted by atomic mass is 10.2. The topological polar surface area (TPSA) is 75.7 Å². The van der Waals surface area contributed by atoms with Crippen molar-refractivity contribution in [2.75, 3.05) is 26.0 Å². The maximum atomic E-state index is 12.2. The third kappa shape index (κ3) is 7.03. The molecule has 0 saturated carbocycles. The highest BCUT2D eigenvalue weighted by Crippen LogP contribution is 2.19. The number of aryl methyl sites for hydroxylation is 1. The summed E-state index contributed by atoms with van der Waals surface area (Å²) in [5.41, 5.74) is 1.85. The Morgan fingerprint density at radius 3 is 2.41 bits per heavy atom. The Morgan fingerprint density at radius 2 is 1.74 bits per heavy atom. The molecule has 0 saturated heterocycles. The minimum Gasteiger partial charge on any atom is -0.496 e. The van der Waals surface area contributed by atoms with Crippen molar-refractivity contribution in [2.24, 2.45) is 0 Å². The fourth-order valence-corrected chi connectivity index (χ4v) is 3.74. The molecular weight excluding hydrogens is 364 g/mol. The van der Waals surface area contributed by atoms with Gasteiger partial charge in [0.05, 0.1) is 12.9 Å². The van der Waals surface area contributed by atoms with Gasteiger partial charge in [0.1, 0.15) is 5.75 Å². The summed E-state index contributed by atoms with van der Waals surface area (Å²) in [5.74, 6) is 0.598. The van der Waals surface area contributed by atoms with Crippen LogP contribution < -0.4 is 9.46 Å². The second-order valence-electron chi connectivity index (χ2n) is 6.20. The Morgan fingerprint density at radius 1 is 1.07 bits per heavy atom. The van der Waals surface area contributed by atoms with E-state index in [1.807, 2.05) is 54.6 Å². The highest BCUT2D eigenvalue weighted by Gasteiger charge is 2.15. The molecule has 0 bridgehead atoms. The van der Waals surface area contributed by atoms with Crippen LogP contribution in [0, 0.1) is 0 Å². The predicted molar refractivity (Wildman–Crippen MR) is 106 cm³/mol. The molecule has 7 heteroatoms. The first kappa shape index (κ1) is 20.9. The summed E-state index contributed by atoms with van der Waals surface area (Å²) in [6.45, 7) is 2.30. The van der Waals surface area contributed by atoms with Gasteiger partial charge in [0.15, 0.2) is 0 Å². The summed E-state index contributed by atoms with van der Waals surface area (Å²) in [5, 5.41) is 0. The highest BCUT2D eigenvalue weighted by atomic mass is 32.2. The average Bonchev–Trinajstić information content (AvgIpc) is 2.66. The quantitative estimate of drug-likeness (QED) is 0.675. The second-order valence-corrected chi connectivity index (χ2v) is 8.13. The van der Waals surface area contributed by atoms with Crippen molar-refractivity contribution in [3.8, 4) is 5.75 Å². The van der Waals surface area contributed by atoms with Gasteiger partial charge in [-0.1, -0.05) is 48.5 Å². The minimum absolute atomic E-state index is 0.0175. The molecular formula is C20H26N2O4S. The number of amides is 1. The van der Waals surface area contributed by atoms with E-state index in [9.17, 15) is 13.2 Å². The van der Waals surface area contributed by atoms with Crippen molar-refractivity contribution in [2.45, 2.75) is 19.9 Å². The van der Waals surface area contributed by atoms with Gasteiger partial charge < -0.3 is 9.64 Å². The molecule has 0 aromatic heterocycles. The van der Waals surface area contributed by atoms with Crippen LogP contribution in [0.3, 0.4) is 0 Å². The molecule has 6 nitrogen and oxygen atoms in total. The zero-order chi connectivity index (χ0) is 19.7. The molecule has 1 amide bonds. The number of para-hydroxylation sites is 1. The van der Waals surface area contributed by atoms with Gasteiger partial charge in [0, 0.05) is 32.1 Å². The van der Waals surface area contributed by atoms with Gasteiger partial charge in [-0.2, -0.15) is 0 Å². The molecule has 0 aliphatic carbocycles. The smallest absolute Gasteiger partial charge is 0.219 e. The predicted octanol–water partition coefficient (Wildman–Crippen LogP) is 2.21. The van der Waals surface area contributed by atoms with Crippen LogP contribution in [0.2, 0.25) is 0 Å². The zero-order valence-corrected chi connectivity index (χ0v) is 16.5. The summed E-state index contributed by atoms with van der Waals surface area (Å²) in [4.78, 5) is 13.5. The summed E-state index contributed by atoms with van der Waals surface area (Å²) < 4.78 is 32.2. The van der Waals surface area contributed by atoms with E-state index in [2.05, 4.69) is 4.72 Å². The summed E-state index contributed by atoms with van der Waals surface area (Å²) in [6.07, 6.45) is 0.452. The van der Waals surface area contributed by atoms with Crippen molar-refractivity contribution >= 4 is 15.9 Å². The van der Waals surface area contributed by atoms with Crippen LogP contribution in [0.25, 0.3) is 0 Å². The number of sulfonamides is 1. The summed E-state index contributed by atoms with van der Waals surface area (Å²) in [6, 6.07) is 16.9. The highest BCUT2D eigenvalue weighted by molar-refractivity contribution is 7.89. The van der Waals surface area contributed by atoms with E-state index in [1.165, 1.54) is 6.92 Å². The van der Waals surface area contributed by atoms with Crippen LogP contribution in [0.15, 0.2) is 54.6 Å². The molecule has 0 heterocycles. The molecule has 1 N–H and O–H groups in total. The number of ether oxygens (including phenoxy) is 1. The van der Waals surface area contributed by atoms with Gasteiger partial charge in [-0.3, -0.25) is 4.79 Å². The van der Waals surface area contributed by atoms with Gasteiger partial charge in [-0.05, 0) is 18.1 Å². The third-order valence-corrected chi connectivity index (χ3v) is 5.59. The number of rotatable bonds is 10. The first-order valence-electron chi connectivity index (χ1n) is 8.80. The molecule has 0 unspecified atom stereocenters. The lowest BCUT2D eigenvalue weighted by Gasteiger charge is -2.22. The van der Waals surface area contributed by atoms with Crippen molar-refractivity contribution in [3.05, 3.63) is 65.7 Å². The van der Waals surface area contributed by atoms with Gasteiger partial charge in [0.25, 0.3) is 0 Å². The van der Waals surface area contributed by atoms with E-state index in [1.54, 1.807) is 12.0 Å². The normalized spacial score (nSPS) is 11.2. The molecule has 2 aromatic rings. The second kappa shape index (κ2) is 10.1. The van der Waals surface area contributed by atoms with Crippen molar-refractivity contribution in [1.29, 1.82) is 0 Å². The largest absolute Gasteiger partial charge is 0.496 e. The van der Waals surface area contributed by atoms with Crippen LogP contribution in [-0.2, 0) is 27.8 Å². The number of carbonyl (C=O) groups excluding carboxylic acids is 1. The van der Waals surface area contributed by atoms with Crippen LogP contribution in [0.1, 0.15) is 18.1 Å². The van der Waals surface area contributed by atoms with Gasteiger partial charge in [-0.15, -0.1) is 0 Å². The van der Waals surface area contributed by atoms with E-state index in [-0.39, 0.29) is 24.7 Å². The Labute approximate surface area is 161 Å². The molecule has 0 radical (unpaired) electrons. The molecule has 2 rings (SSSR count). The number of hydrogen-bond donors (Lipinski definition) is 1. The number of nitrogens with zero attached hydrogens (tertiary/aromatic N) is 1. The SMILES string of the molecule is COc1ccccc1CN(CCNS(=O)(=O)CCc1ccccc1)C(C)=O. The molecule has 0 atom stereocenters. The molecule has 0 aliphatic heterocycles. The molecule has 146 valence electrons. The number of methoxy groups -OCH3 is 1. The van der Waals surface area contributed by atoms with Crippen molar-refractivity contribution in [3.63, 3.8) is 0 Å². The minimum atomic E-state index is -3.40. The van der Waals surface area contributed by atoms with E-state index in [0.717, 1.165) is 11.1 Å². The van der Waals surface area contributed by atoms with E-state index in [4.69, 9.17) is 4.74 Å². The van der Waals surface area contributed by atoms with Crippen molar-refractivity contribution < 1.29 is 17.9 Å². The lowest BCUT2D eigenvalue weighted by Crippen LogP contribution is -2.38. The van der Waals surface area contributed by atoms with Crippen LogP contribution in [0.4, 0.5) is 0 Å². The van der Waals surface area contributed by atoms with Crippen molar-refractivity contribution in [1.82, 2.24) is 9.62 Å². The standard InChI is InChI=1S/C20H26N2O4S/c1-17(23)22(16-19-10-6-7-11-20(19)26-2)14-13-21-27(24,25)15-12-18-8-4-3-5-9-18/h3-11,21H,12-16H2,1-2H3. The molecule has 0 aliphatic rings. The third-order valence-electron chi connectivity index (χ3n) is 4.21. The van der Waals surface area contributed by atoms with Gasteiger partial charge in [0.2, 0.25) is 15.9 Å².